The van der Waals surface area contributed by atoms with Gasteiger partial charge < -0.3 is 10.6 Å². The minimum absolute atomic E-state index is 0.104. The van der Waals surface area contributed by atoms with Crippen LogP contribution in [0.1, 0.15) is 5.69 Å². The molecule has 0 saturated carbocycles. The molecule has 1 aliphatic heterocycles. The number of aromatic nitrogens is 1. The lowest BCUT2D eigenvalue weighted by Gasteiger charge is -2.27. The van der Waals surface area contributed by atoms with Crippen molar-refractivity contribution in [3.63, 3.8) is 0 Å². The highest BCUT2D eigenvalue weighted by Crippen LogP contribution is 2.30. The smallest absolute Gasteiger partial charge is 0.253 e. The molecular weight excluding hydrogens is 388 g/mol. The van der Waals surface area contributed by atoms with Gasteiger partial charge in [0.2, 0.25) is 0 Å². The Labute approximate surface area is 139 Å². The minimum atomic E-state index is -0.671. The van der Waals surface area contributed by atoms with Crippen molar-refractivity contribution >= 4 is 56.6 Å². The molecule has 8 heteroatoms. The van der Waals surface area contributed by atoms with Crippen LogP contribution in [0.4, 0.5) is 0 Å². The van der Waals surface area contributed by atoms with E-state index in [1.165, 1.54) is 0 Å². The molecule has 0 atom stereocenters. The second kappa shape index (κ2) is 6.35. The molecule has 1 aliphatic rings. The molecule has 0 aromatic carbocycles. The number of amides is 1. The van der Waals surface area contributed by atoms with E-state index in [1.807, 2.05) is 0 Å². The van der Waals surface area contributed by atoms with Crippen molar-refractivity contribution in [3.8, 4) is 0 Å². The molecule has 2 rings (SSSR count). The minimum Gasteiger partial charge on any atom is -0.365 e. The second-order valence-electron chi connectivity index (χ2n) is 4.04. The summed E-state index contributed by atoms with van der Waals surface area (Å²) in [7, 11) is 0. The highest BCUT2D eigenvalue weighted by Gasteiger charge is 2.24. The van der Waals surface area contributed by atoms with E-state index >= 15 is 0 Å². The average molecular weight is 397 g/mol. The Kier molecular flexibility index (Phi) is 4.96. The average Bonchev–Trinajstić information content (AvgIpc) is 2.35. The Morgan fingerprint density at radius 2 is 2.15 bits per heavy atom. The SMILES string of the molecule is NC(=O)C1=C(Cl)N(Cc2ncc(Br)cc2Cl)CC=C1Cl. The van der Waals surface area contributed by atoms with Crippen LogP contribution >= 0.6 is 50.7 Å². The van der Waals surface area contributed by atoms with Gasteiger partial charge in [0.05, 0.1) is 27.9 Å². The summed E-state index contributed by atoms with van der Waals surface area (Å²) in [6, 6.07) is 1.74. The van der Waals surface area contributed by atoms with Crippen LogP contribution in [0, 0.1) is 0 Å². The van der Waals surface area contributed by atoms with Crippen LogP contribution in [0.15, 0.2) is 38.6 Å². The predicted octanol–water partition coefficient (Wildman–Crippen LogP) is 3.37. The zero-order valence-corrected chi connectivity index (χ0v) is 13.9. The van der Waals surface area contributed by atoms with Crippen molar-refractivity contribution in [1.29, 1.82) is 0 Å². The highest BCUT2D eigenvalue weighted by molar-refractivity contribution is 9.10. The molecule has 2 N–H and O–H groups in total. The van der Waals surface area contributed by atoms with Crippen molar-refractivity contribution in [2.24, 2.45) is 5.73 Å². The molecule has 1 aromatic rings. The van der Waals surface area contributed by atoms with Gasteiger partial charge in [-0.05, 0) is 28.1 Å². The number of pyridine rings is 1. The molecule has 0 saturated heterocycles. The maximum Gasteiger partial charge on any atom is 0.253 e. The fraction of sp³-hybridized carbons (Fsp3) is 0.167. The molecule has 0 radical (unpaired) electrons. The van der Waals surface area contributed by atoms with E-state index in [2.05, 4.69) is 20.9 Å². The summed E-state index contributed by atoms with van der Waals surface area (Å²) in [6.07, 6.45) is 3.31. The maximum atomic E-state index is 11.4. The van der Waals surface area contributed by atoms with Gasteiger partial charge in [-0.3, -0.25) is 9.78 Å². The fourth-order valence-corrected chi connectivity index (χ4v) is 3.04. The molecule has 1 aromatic heterocycles. The topological polar surface area (TPSA) is 59.2 Å². The number of halogens is 4. The number of hydrogen-bond donors (Lipinski definition) is 1. The first-order valence-electron chi connectivity index (χ1n) is 5.50. The molecule has 2 heterocycles. The van der Waals surface area contributed by atoms with Gasteiger partial charge in [0.15, 0.2) is 0 Å². The van der Waals surface area contributed by atoms with Crippen LogP contribution in [0.2, 0.25) is 5.02 Å². The van der Waals surface area contributed by atoms with E-state index in [1.54, 1.807) is 23.2 Å². The van der Waals surface area contributed by atoms with Crippen molar-refractivity contribution in [2.75, 3.05) is 6.54 Å². The quantitative estimate of drug-likeness (QED) is 0.796. The van der Waals surface area contributed by atoms with E-state index in [0.717, 1.165) is 4.47 Å². The van der Waals surface area contributed by atoms with Gasteiger partial charge in [0, 0.05) is 17.2 Å². The van der Waals surface area contributed by atoms with E-state index in [9.17, 15) is 4.79 Å². The Bertz CT molecular complexity index is 630. The largest absolute Gasteiger partial charge is 0.365 e. The van der Waals surface area contributed by atoms with Crippen molar-refractivity contribution < 1.29 is 4.79 Å². The fourth-order valence-electron chi connectivity index (χ4n) is 1.72. The van der Waals surface area contributed by atoms with Gasteiger partial charge in [-0.25, -0.2) is 0 Å². The van der Waals surface area contributed by atoms with Crippen molar-refractivity contribution in [3.05, 3.63) is 49.3 Å². The molecule has 106 valence electrons. The number of nitrogens with zero attached hydrogens (tertiary/aromatic N) is 2. The van der Waals surface area contributed by atoms with Crippen LogP contribution in [0.3, 0.4) is 0 Å². The summed E-state index contributed by atoms with van der Waals surface area (Å²) in [5, 5.41) is 0.963. The Morgan fingerprint density at radius 3 is 2.75 bits per heavy atom. The standard InChI is InChI=1S/C12H9BrCl3N3O/c13-6-3-8(15)9(18-4-6)5-19-2-1-7(14)10(11(19)16)12(17)20/h1,3-4H,2,5H2,(H2,17,20). The van der Waals surface area contributed by atoms with Crippen LogP contribution in [-0.2, 0) is 11.3 Å². The van der Waals surface area contributed by atoms with Crippen molar-refractivity contribution in [1.82, 2.24) is 9.88 Å². The number of carbonyl (C=O) groups excluding carboxylic acids is 1. The number of nitrogens with two attached hydrogens (primary N) is 1. The molecule has 20 heavy (non-hydrogen) atoms. The molecule has 1 amide bonds. The third-order valence-corrected chi connectivity index (χ3v) is 4.22. The summed E-state index contributed by atoms with van der Waals surface area (Å²) >= 11 is 21.5. The van der Waals surface area contributed by atoms with Gasteiger partial charge >= 0.3 is 0 Å². The third-order valence-electron chi connectivity index (χ3n) is 2.68. The van der Waals surface area contributed by atoms with Gasteiger partial charge in [-0.2, -0.15) is 0 Å². The molecule has 0 unspecified atom stereocenters. The first-order chi connectivity index (χ1) is 9.40. The van der Waals surface area contributed by atoms with Crippen LogP contribution in [0.25, 0.3) is 0 Å². The first-order valence-corrected chi connectivity index (χ1v) is 7.43. The molecule has 0 fully saturated rings. The van der Waals surface area contributed by atoms with Gasteiger partial charge in [0.1, 0.15) is 5.16 Å². The number of hydrogen-bond acceptors (Lipinski definition) is 3. The van der Waals surface area contributed by atoms with Gasteiger partial charge in [-0.1, -0.05) is 34.8 Å². The Balaban J connectivity index is 2.29. The van der Waals surface area contributed by atoms with E-state index in [-0.39, 0.29) is 15.8 Å². The highest BCUT2D eigenvalue weighted by atomic mass is 79.9. The summed E-state index contributed by atoms with van der Waals surface area (Å²) in [5.41, 5.74) is 6.02. The second-order valence-corrected chi connectivity index (χ2v) is 6.13. The zero-order valence-electron chi connectivity index (χ0n) is 10.0. The van der Waals surface area contributed by atoms with Crippen LogP contribution < -0.4 is 5.73 Å². The summed E-state index contributed by atoms with van der Waals surface area (Å²) in [4.78, 5) is 17.3. The van der Waals surface area contributed by atoms with E-state index < -0.39 is 5.91 Å². The first kappa shape index (κ1) is 15.6. The normalized spacial score (nSPS) is 15.4. The van der Waals surface area contributed by atoms with Crippen LogP contribution in [-0.4, -0.2) is 22.3 Å². The predicted molar refractivity (Wildman–Crippen MR) is 83.4 cm³/mol. The maximum absolute atomic E-state index is 11.4. The number of rotatable bonds is 3. The van der Waals surface area contributed by atoms with E-state index in [0.29, 0.717) is 23.8 Å². The molecule has 4 nitrogen and oxygen atoms in total. The lowest BCUT2D eigenvalue weighted by atomic mass is 10.2. The third kappa shape index (κ3) is 3.28. The monoisotopic (exact) mass is 395 g/mol. The van der Waals surface area contributed by atoms with Gasteiger partial charge in [0.25, 0.3) is 5.91 Å². The van der Waals surface area contributed by atoms with E-state index in [4.69, 9.17) is 40.5 Å². The summed E-state index contributed by atoms with van der Waals surface area (Å²) in [6.45, 7) is 0.797. The molecule has 0 aliphatic carbocycles. The van der Waals surface area contributed by atoms with Crippen LogP contribution in [0.5, 0.6) is 0 Å². The number of carbonyl (C=O) groups is 1. The Morgan fingerprint density at radius 1 is 1.45 bits per heavy atom. The Hall–Kier alpha value is -0.750. The zero-order chi connectivity index (χ0) is 14.9. The summed E-state index contributed by atoms with van der Waals surface area (Å²) < 4.78 is 0.785. The summed E-state index contributed by atoms with van der Waals surface area (Å²) in [5.74, 6) is -0.671. The molecular formula is C12H9BrCl3N3O. The van der Waals surface area contributed by atoms with Gasteiger partial charge in [-0.15, -0.1) is 0 Å². The number of primary amides is 1. The lowest BCUT2D eigenvalue weighted by Crippen LogP contribution is -2.29. The van der Waals surface area contributed by atoms with Crippen molar-refractivity contribution in [2.45, 2.75) is 6.54 Å². The molecule has 0 spiro atoms. The molecule has 0 bridgehead atoms. The lowest BCUT2D eigenvalue weighted by molar-refractivity contribution is -0.114.